The van der Waals surface area contributed by atoms with Gasteiger partial charge < -0.3 is 0 Å². The molecule has 0 saturated heterocycles. The number of fused-ring (bicyclic) bond motifs is 1. The molecule has 0 aliphatic carbocycles. The molecule has 0 N–H and O–H groups in total. The van der Waals surface area contributed by atoms with E-state index in [0.717, 1.165) is 4.09 Å². The van der Waals surface area contributed by atoms with Crippen molar-refractivity contribution in [3.05, 3.63) is 24.4 Å². The Hall–Kier alpha value is -0.310. The quantitative estimate of drug-likeness (QED) is 0.430. The Bertz CT molecular complexity index is 594. The first kappa shape index (κ1) is 15.1. The van der Waals surface area contributed by atoms with Gasteiger partial charge in [0.15, 0.2) is 0 Å². The van der Waals surface area contributed by atoms with Gasteiger partial charge in [-0.2, -0.15) is 22.7 Å². The summed E-state index contributed by atoms with van der Waals surface area (Å²) >= 11 is 10.5. The first-order valence-electron chi connectivity index (χ1n) is 4.64. The summed E-state index contributed by atoms with van der Waals surface area (Å²) in [5.74, 6) is 0. The number of nitrogens with zero attached hydrogens (tertiary/aromatic N) is 2. The van der Waals surface area contributed by atoms with Crippen LogP contribution >= 0.6 is 46.9 Å². The second kappa shape index (κ2) is 5.23. The highest BCUT2D eigenvalue weighted by atomic mass is 35.5. The SMILES string of the molecule is FC(F)(F)Sc1ccc2cnn(SC(F)(Cl)Cl)c2c1. The maximum absolute atomic E-state index is 13.1. The Kier molecular flexibility index (Phi) is 4.15. The molecule has 0 radical (unpaired) electrons. The lowest BCUT2D eigenvalue weighted by atomic mass is 10.3. The topological polar surface area (TPSA) is 17.8 Å². The number of aromatic nitrogens is 2. The van der Waals surface area contributed by atoms with Gasteiger partial charge in [0, 0.05) is 10.3 Å². The van der Waals surface area contributed by atoms with Gasteiger partial charge in [-0.3, -0.25) is 0 Å². The normalized spacial score (nSPS) is 13.2. The minimum absolute atomic E-state index is 0.0315. The average molecular weight is 351 g/mol. The molecule has 1 aromatic heterocycles. The predicted molar refractivity (Wildman–Crippen MR) is 70.2 cm³/mol. The third kappa shape index (κ3) is 4.34. The molecule has 0 unspecified atom stereocenters. The van der Waals surface area contributed by atoms with Crippen molar-refractivity contribution in [1.29, 1.82) is 0 Å². The molecule has 104 valence electrons. The molecule has 0 aliphatic rings. The summed E-state index contributed by atoms with van der Waals surface area (Å²) in [7, 11) is 0. The molecule has 1 aromatic carbocycles. The molecule has 1 heterocycles. The molecule has 2 aromatic rings. The van der Waals surface area contributed by atoms with Gasteiger partial charge >= 0.3 is 9.43 Å². The van der Waals surface area contributed by atoms with Crippen LogP contribution in [0.15, 0.2) is 29.3 Å². The Morgan fingerprint density at radius 1 is 1.16 bits per heavy atom. The molecular weight excluding hydrogens is 347 g/mol. The maximum atomic E-state index is 13.1. The molecule has 0 fully saturated rings. The zero-order chi connectivity index (χ0) is 14.3. The Balaban J connectivity index is 2.37. The van der Waals surface area contributed by atoms with Crippen LogP contribution in [0.5, 0.6) is 0 Å². The standard InChI is InChI=1S/C9H4Cl2F4N2S2/c10-8(11,12)19-17-7-3-6(18-9(13,14)15)2-1-5(7)4-16-17/h1-4H. The molecule has 2 rings (SSSR count). The van der Waals surface area contributed by atoms with Crippen LogP contribution in [0.25, 0.3) is 10.9 Å². The van der Waals surface area contributed by atoms with Gasteiger partial charge in [-0.25, -0.2) is 4.09 Å². The van der Waals surface area contributed by atoms with E-state index in [1.807, 2.05) is 0 Å². The lowest BCUT2D eigenvalue weighted by Crippen LogP contribution is -2.03. The van der Waals surface area contributed by atoms with E-state index in [2.05, 4.69) is 5.10 Å². The van der Waals surface area contributed by atoms with Crippen LogP contribution in [0.3, 0.4) is 0 Å². The molecule has 0 aliphatic heterocycles. The van der Waals surface area contributed by atoms with Crippen molar-refractivity contribution in [3.8, 4) is 0 Å². The third-order valence-electron chi connectivity index (χ3n) is 1.93. The van der Waals surface area contributed by atoms with Crippen LogP contribution in [0, 0.1) is 0 Å². The molecule has 2 nitrogen and oxygen atoms in total. The lowest BCUT2D eigenvalue weighted by molar-refractivity contribution is -0.0328. The molecule has 0 amide bonds. The van der Waals surface area contributed by atoms with Crippen molar-refractivity contribution in [2.45, 2.75) is 14.3 Å². The van der Waals surface area contributed by atoms with Crippen LogP contribution in [0.1, 0.15) is 0 Å². The molecule has 0 bridgehead atoms. The molecule has 0 atom stereocenters. The summed E-state index contributed by atoms with van der Waals surface area (Å²) < 4.78 is 48.3. The van der Waals surface area contributed by atoms with Gasteiger partial charge in [-0.1, -0.05) is 29.3 Å². The minimum atomic E-state index is -4.39. The van der Waals surface area contributed by atoms with Crippen LogP contribution < -0.4 is 0 Å². The van der Waals surface area contributed by atoms with Crippen molar-refractivity contribution in [1.82, 2.24) is 9.19 Å². The number of alkyl halides is 6. The molecule has 0 spiro atoms. The maximum Gasteiger partial charge on any atom is 0.446 e. The number of benzene rings is 1. The fourth-order valence-corrected chi connectivity index (χ4v) is 2.86. The van der Waals surface area contributed by atoms with Crippen molar-refractivity contribution < 1.29 is 17.6 Å². The van der Waals surface area contributed by atoms with Crippen molar-refractivity contribution in [3.63, 3.8) is 0 Å². The lowest BCUT2D eigenvalue weighted by Gasteiger charge is -2.09. The molecule has 19 heavy (non-hydrogen) atoms. The zero-order valence-electron chi connectivity index (χ0n) is 8.79. The van der Waals surface area contributed by atoms with E-state index in [1.54, 1.807) is 0 Å². The molecule has 0 saturated carbocycles. The summed E-state index contributed by atoms with van der Waals surface area (Å²) in [6, 6.07) is 4.00. The van der Waals surface area contributed by atoms with Gasteiger partial charge in [0.25, 0.3) is 0 Å². The van der Waals surface area contributed by atoms with Crippen LogP contribution in [0.2, 0.25) is 0 Å². The van der Waals surface area contributed by atoms with Crippen molar-refractivity contribution in [2.75, 3.05) is 0 Å². The highest BCUT2D eigenvalue weighted by molar-refractivity contribution is 8.01. The van der Waals surface area contributed by atoms with Crippen LogP contribution in [-0.4, -0.2) is 18.6 Å². The number of rotatable bonds is 3. The van der Waals surface area contributed by atoms with Gasteiger partial charge in [-0.15, -0.1) is 0 Å². The van der Waals surface area contributed by atoms with Gasteiger partial charge in [0.1, 0.15) is 0 Å². The number of halogens is 6. The largest absolute Gasteiger partial charge is 0.446 e. The van der Waals surface area contributed by atoms with E-state index < -0.39 is 9.43 Å². The van der Waals surface area contributed by atoms with E-state index >= 15 is 0 Å². The summed E-state index contributed by atoms with van der Waals surface area (Å²) in [6.07, 6.45) is 1.38. The first-order chi connectivity index (χ1) is 8.64. The van der Waals surface area contributed by atoms with Crippen LogP contribution in [-0.2, 0) is 0 Å². The Labute approximate surface area is 123 Å². The second-order valence-corrected chi connectivity index (χ2v) is 7.24. The molecular formula is C9H4Cl2F4N2S2. The van der Waals surface area contributed by atoms with E-state index in [-0.39, 0.29) is 16.7 Å². The highest BCUT2D eigenvalue weighted by Crippen LogP contribution is 2.40. The van der Waals surface area contributed by atoms with Gasteiger partial charge in [-0.05, 0) is 23.9 Å². The van der Waals surface area contributed by atoms with E-state index in [4.69, 9.17) is 23.2 Å². The second-order valence-electron chi connectivity index (χ2n) is 3.32. The number of hydrogen-bond acceptors (Lipinski definition) is 3. The smallest absolute Gasteiger partial charge is 0.201 e. The van der Waals surface area contributed by atoms with Crippen molar-refractivity contribution >= 4 is 57.8 Å². The average Bonchev–Trinajstić information content (AvgIpc) is 2.56. The van der Waals surface area contributed by atoms with E-state index in [9.17, 15) is 17.6 Å². The Morgan fingerprint density at radius 3 is 2.42 bits per heavy atom. The van der Waals surface area contributed by atoms with Gasteiger partial charge in [0.05, 0.1) is 23.7 Å². The number of hydrogen-bond donors (Lipinski definition) is 0. The van der Waals surface area contributed by atoms with E-state index in [1.165, 1.54) is 24.4 Å². The first-order valence-corrected chi connectivity index (χ1v) is 6.98. The minimum Gasteiger partial charge on any atom is -0.201 e. The monoisotopic (exact) mass is 350 g/mol. The fourth-order valence-electron chi connectivity index (χ4n) is 1.34. The summed E-state index contributed by atoms with van der Waals surface area (Å²) in [5, 5.41) is 4.35. The van der Waals surface area contributed by atoms with Crippen LogP contribution in [0.4, 0.5) is 17.6 Å². The van der Waals surface area contributed by atoms with E-state index in [0.29, 0.717) is 22.9 Å². The Morgan fingerprint density at radius 2 is 1.84 bits per heavy atom. The summed E-state index contributed by atoms with van der Waals surface area (Å²) in [5.41, 5.74) is -4.10. The van der Waals surface area contributed by atoms with Gasteiger partial charge in [0.2, 0.25) is 0 Å². The van der Waals surface area contributed by atoms with Crippen molar-refractivity contribution in [2.24, 2.45) is 0 Å². The zero-order valence-corrected chi connectivity index (χ0v) is 11.9. The highest BCUT2D eigenvalue weighted by Gasteiger charge is 2.30. The molecule has 10 heteroatoms. The summed E-state index contributed by atoms with van der Waals surface area (Å²) in [6.45, 7) is 0. The number of thioether (sulfide) groups is 1. The fraction of sp³-hybridized carbons (Fsp3) is 0.222. The predicted octanol–water partition coefficient (Wildman–Crippen LogP) is 5.20. The third-order valence-corrected chi connectivity index (χ3v) is 3.74. The summed E-state index contributed by atoms with van der Waals surface area (Å²) in [4.78, 5) is -0.0315.